The van der Waals surface area contributed by atoms with E-state index in [4.69, 9.17) is 0 Å². The molecule has 0 saturated carbocycles. The molecule has 0 amide bonds. The molecule has 0 atom stereocenters. The van der Waals surface area contributed by atoms with Crippen LogP contribution in [0.5, 0.6) is 0 Å². The molecule has 0 aromatic heterocycles. The first-order valence-corrected chi connectivity index (χ1v) is 10.5. The average molecular weight is 390 g/mol. The predicted octanol–water partition coefficient (Wildman–Crippen LogP) is 2.66. The van der Waals surface area contributed by atoms with Gasteiger partial charge in [-0.05, 0) is 61.7 Å². The number of hydrogen-bond donors (Lipinski definition) is 2. The van der Waals surface area contributed by atoms with E-state index in [1.165, 1.54) is 6.07 Å². The maximum absolute atomic E-state index is 14.5. The van der Waals surface area contributed by atoms with Crippen molar-refractivity contribution in [2.75, 3.05) is 19.6 Å². The molecule has 1 aliphatic rings. The second-order valence-corrected chi connectivity index (χ2v) is 8.80. The molecule has 0 radical (unpaired) electrons. The molecule has 1 saturated heterocycles. The van der Waals surface area contributed by atoms with Crippen LogP contribution in [0.1, 0.15) is 28.8 Å². The van der Waals surface area contributed by atoms with E-state index in [9.17, 15) is 17.6 Å². The second-order valence-electron chi connectivity index (χ2n) is 6.76. The van der Waals surface area contributed by atoms with Crippen LogP contribution in [0.25, 0.3) is 11.1 Å². The third-order valence-corrected chi connectivity index (χ3v) is 6.72. The van der Waals surface area contributed by atoms with E-state index < -0.39 is 33.4 Å². The van der Waals surface area contributed by atoms with Crippen LogP contribution in [-0.2, 0) is 10.0 Å². The molecule has 144 valence electrons. The van der Waals surface area contributed by atoms with Gasteiger partial charge in [0.2, 0.25) is 10.0 Å². The molecule has 7 heteroatoms. The maximum atomic E-state index is 14.5. The van der Waals surface area contributed by atoms with E-state index in [-0.39, 0.29) is 5.56 Å². The summed E-state index contributed by atoms with van der Waals surface area (Å²) < 4.78 is 41.6. The van der Waals surface area contributed by atoms with Crippen molar-refractivity contribution in [3.8, 4) is 11.1 Å². The number of carbonyl (C=O) groups is 1. The highest BCUT2D eigenvalue weighted by Gasteiger charge is 2.28. The Kier molecular flexibility index (Phi) is 6.04. The topological polar surface area (TPSA) is 75.3 Å². The normalized spacial score (nSPS) is 15.6. The Morgan fingerprint density at radius 1 is 1.15 bits per heavy atom. The molecular weight excluding hydrogens is 367 g/mol. The number of piperidine rings is 1. The number of rotatable bonds is 6. The summed E-state index contributed by atoms with van der Waals surface area (Å²) in [6.07, 6.45) is 1.00. The van der Waals surface area contributed by atoms with Gasteiger partial charge in [0.05, 0.1) is 17.4 Å². The zero-order valence-electron chi connectivity index (χ0n) is 15.2. The van der Waals surface area contributed by atoms with E-state index in [1.54, 1.807) is 13.0 Å². The molecule has 1 aliphatic heterocycles. The first kappa shape index (κ1) is 19.7. The van der Waals surface area contributed by atoms with Crippen molar-refractivity contribution in [1.82, 2.24) is 10.0 Å². The number of nitrogens with one attached hydrogen (secondary N) is 2. The van der Waals surface area contributed by atoms with Crippen LogP contribution in [0.2, 0.25) is 0 Å². The molecule has 0 spiro atoms. The average Bonchev–Trinajstić information content (AvgIpc) is 2.69. The fraction of sp³-hybridized carbons (Fsp3) is 0.350. The molecule has 0 bridgehead atoms. The number of halogens is 1. The fourth-order valence-corrected chi connectivity index (χ4v) is 4.68. The number of benzene rings is 2. The smallest absolute Gasteiger partial charge is 0.214 e. The Morgan fingerprint density at radius 3 is 2.48 bits per heavy atom. The van der Waals surface area contributed by atoms with Gasteiger partial charge in [-0.1, -0.05) is 30.3 Å². The van der Waals surface area contributed by atoms with Gasteiger partial charge in [-0.15, -0.1) is 0 Å². The number of carbonyl (C=O) groups excluding carboxylic acids is 1. The minimum Gasteiger partial charge on any atom is -0.317 e. The lowest BCUT2D eigenvalue weighted by atomic mass is 9.98. The molecule has 2 aromatic carbocycles. The zero-order chi connectivity index (χ0) is 19.4. The SMILES string of the molecule is Cc1cc(-c2ccccc2)cc(C(=O)CNS(=O)(=O)C2CCNCC2)c1F. The van der Waals surface area contributed by atoms with Crippen molar-refractivity contribution < 1.29 is 17.6 Å². The van der Waals surface area contributed by atoms with Crippen LogP contribution in [0, 0.1) is 12.7 Å². The van der Waals surface area contributed by atoms with Crippen LogP contribution < -0.4 is 10.0 Å². The number of ketones is 1. The van der Waals surface area contributed by atoms with Crippen molar-refractivity contribution in [3.63, 3.8) is 0 Å². The van der Waals surface area contributed by atoms with Crippen LogP contribution in [0.4, 0.5) is 4.39 Å². The quantitative estimate of drug-likeness (QED) is 0.744. The highest BCUT2D eigenvalue weighted by molar-refractivity contribution is 7.90. The summed E-state index contributed by atoms with van der Waals surface area (Å²) in [7, 11) is -3.60. The summed E-state index contributed by atoms with van der Waals surface area (Å²) in [5.41, 5.74) is 1.84. The lowest BCUT2D eigenvalue weighted by Gasteiger charge is -2.22. The number of Topliss-reactive ketones (excluding diaryl/α,β-unsaturated/α-hetero) is 1. The second kappa shape index (κ2) is 8.29. The maximum Gasteiger partial charge on any atom is 0.214 e. The van der Waals surface area contributed by atoms with Crippen LogP contribution in [0.15, 0.2) is 42.5 Å². The van der Waals surface area contributed by atoms with Crippen molar-refractivity contribution in [3.05, 3.63) is 59.4 Å². The summed E-state index contributed by atoms with van der Waals surface area (Å²) in [6, 6.07) is 12.5. The van der Waals surface area contributed by atoms with E-state index in [0.29, 0.717) is 31.5 Å². The van der Waals surface area contributed by atoms with Crippen molar-refractivity contribution in [1.29, 1.82) is 0 Å². The molecule has 1 fully saturated rings. The standard InChI is InChI=1S/C20H23FN2O3S/c1-14-11-16(15-5-3-2-4-6-15)12-18(20(14)21)19(24)13-23-27(25,26)17-7-9-22-10-8-17/h2-6,11-12,17,22-23H,7-10,13H2,1H3. The molecule has 3 rings (SSSR count). The van der Waals surface area contributed by atoms with E-state index in [0.717, 1.165) is 11.1 Å². The summed E-state index contributed by atoms with van der Waals surface area (Å²) in [5, 5.41) is 2.58. The molecule has 0 unspecified atom stereocenters. The van der Waals surface area contributed by atoms with Gasteiger partial charge < -0.3 is 5.32 Å². The Labute approximate surface area is 159 Å². The van der Waals surface area contributed by atoms with Crippen LogP contribution >= 0.6 is 0 Å². The Hall–Kier alpha value is -2.09. The fourth-order valence-electron chi connectivity index (χ4n) is 3.25. The summed E-state index contributed by atoms with van der Waals surface area (Å²) in [6.45, 7) is 2.41. The summed E-state index contributed by atoms with van der Waals surface area (Å²) in [5.74, 6) is -1.19. The third-order valence-electron chi connectivity index (χ3n) is 4.82. The van der Waals surface area contributed by atoms with E-state index >= 15 is 0 Å². The van der Waals surface area contributed by atoms with Gasteiger partial charge >= 0.3 is 0 Å². The number of aryl methyl sites for hydroxylation is 1. The van der Waals surface area contributed by atoms with Gasteiger partial charge in [0.15, 0.2) is 5.78 Å². The van der Waals surface area contributed by atoms with Gasteiger partial charge in [-0.25, -0.2) is 17.5 Å². The number of sulfonamides is 1. The van der Waals surface area contributed by atoms with Gasteiger partial charge in [0.25, 0.3) is 0 Å². The lowest BCUT2D eigenvalue weighted by Crippen LogP contribution is -2.43. The van der Waals surface area contributed by atoms with Crippen molar-refractivity contribution >= 4 is 15.8 Å². The van der Waals surface area contributed by atoms with Crippen molar-refractivity contribution in [2.45, 2.75) is 25.0 Å². The predicted molar refractivity (Wildman–Crippen MR) is 104 cm³/mol. The van der Waals surface area contributed by atoms with Crippen molar-refractivity contribution in [2.24, 2.45) is 0 Å². The third kappa shape index (κ3) is 4.61. The number of hydrogen-bond acceptors (Lipinski definition) is 4. The Balaban J connectivity index is 1.79. The monoisotopic (exact) mass is 390 g/mol. The summed E-state index contributed by atoms with van der Waals surface area (Å²) >= 11 is 0. The zero-order valence-corrected chi connectivity index (χ0v) is 16.0. The van der Waals surface area contributed by atoms with Gasteiger partial charge in [0.1, 0.15) is 5.82 Å². The minimum atomic E-state index is -3.60. The Bertz CT molecular complexity index is 924. The van der Waals surface area contributed by atoms with Gasteiger partial charge in [0, 0.05) is 0 Å². The molecule has 27 heavy (non-hydrogen) atoms. The van der Waals surface area contributed by atoms with Gasteiger partial charge in [-0.2, -0.15) is 0 Å². The highest BCUT2D eigenvalue weighted by Crippen LogP contribution is 2.25. The molecule has 0 aliphatic carbocycles. The molecule has 1 heterocycles. The molecule has 5 nitrogen and oxygen atoms in total. The molecular formula is C20H23FN2O3S. The molecule has 2 N–H and O–H groups in total. The Morgan fingerprint density at radius 2 is 1.81 bits per heavy atom. The minimum absolute atomic E-state index is 0.0955. The summed E-state index contributed by atoms with van der Waals surface area (Å²) in [4.78, 5) is 12.6. The van der Waals surface area contributed by atoms with Crippen LogP contribution in [-0.4, -0.2) is 39.1 Å². The first-order valence-electron chi connectivity index (χ1n) is 8.96. The van der Waals surface area contributed by atoms with E-state index in [1.807, 2.05) is 30.3 Å². The van der Waals surface area contributed by atoms with Gasteiger partial charge in [-0.3, -0.25) is 4.79 Å². The highest BCUT2D eigenvalue weighted by atomic mass is 32.2. The molecule has 2 aromatic rings. The van der Waals surface area contributed by atoms with Crippen LogP contribution in [0.3, 0.4) is 0 Å². The lowest BCUT2D eigenvalue weighted by molar-refractivity contribution is 0.0993. The van der Waals surface area contributed by atoms with E-state index in [2.05, 4.69) is 10.0 Å². The largest absolute Gasteiger partial charge is 0.317 e. The first-order chi connectivity index (χ1) is 12.9.